The van der Waals surface area contributed by atoms with Gasteiger partial charge in [0.2, 0.25) is 5.91 Å². The van der Waals surface area contributed by atoms with Crippen LogP contribution < -0.4 is 11.1 Å². The van der Waals surface area contributed by atoms with Crippen LogP contribution in [0.15, 0.2) is 24.3 Å². The molecule has 0 bridgehead atoms. The second-order valence-electron chi connectivity index (χ2n) is 4.77. The van der Waals surface area contributed by atoms with Crippen LogP contribution in [0.2, 0.25) is 0 Å². The number of benzene rings is 1. The van der Waals surface area contributed by atoms with Gasteiger partial charge >= 0.3 is 0 Å². The Morgan fingerprint density at radius 3 is 2.74 bits per heavy atom. The Labute approximate surface area is 119 Å². The maximum atomic E-state index is 12.0. The average Bonchev–Trinajstić information content (AvgIpc) is 2.37. The van der Waals surface area contributed by atoms with Gasteiger partial charge in [0, 0.05) is 12.2 Å². The number of nitrogens with one attached hydrogen (secondary N) is 1. The van der Waals surface area contributed by atoms with Crippen LogP contribution in [-0.2, 0) is 11.3 Å². The summed E-state index contributed by atoms with van der Waals surface area (Å²) >= 11 is 1.70. The zero-order valence-electron chi connectivity index (χ0n) is 11.8. The van der Waals surface area contributed by atoms with E-state index in [2.05, 4.69) is 10.2 Å². The van der Waals surface area contributed by atoms with Crippen molar-refractivity contribution in [2.75, 3.05) is 31.4 Å². The smallest absolute Gasteiger partial charge is 0.241 e. The maximum Gasteiger partial charge on any atom is 0.241 e. The van der Waals surface area contributed by atoms with E-state index in [-0.39, 0.29) is 5.91 Å². The predicted octanol–water partition coefficient (Wildman–Crippen LogP) is 1.77. The molecule has 0 spiro atoms. The summed E-state index contributed by atoms with van der Waals surface area (Å²) in [5, 5.41) is 2.92. The van der Waals surface area contributed by atoms with E-state index in [1.807, 2.05) is 44.6 Å². The fourth-order valence-electron chi connectivity index (χ4n) is 1.72. The highest BCUT2D eigenvalue weighted by Crippen LogP contribution is 2.16. The molecule has 1 aromatic carbocycles. The van der Waals surface area contributed by atoms with Gasteiger partial charge < -0.3 is 16.0 Å². The van der Waals surface area contributed by atoms with Gasteiger partial charge in [-0.15, -0.1) is 0 Å². The molecule has 0 aromatic heterocycles. The van der Waals surface area contributed by atoms with E-state index >= 15 is 0 Å². The van der Waals surface area contributed by atoms with Crippen molar-refractivity contribution in [2.45, 2.75) is 19.0 Å². The lowest BCUT2D eigenvalue weighted by molar-refractivity contribution is -0.117. The molecule has 1 amide bonds. The molecule has 19 heavy (non-hydrogen) atoms. The SMILES string of the molecule is CSCC[C@H](N)C(=O)Nc1ccccc1CN(C)C. The van der Waals surface area contributed by atoms with Crippen molar-refractivity contribution in [1.29, 1.82) is 0 Å². The average molecular weight is 281 g/mol. The first kappa shape index (κ1) is 16.0. The van der Waals surface area contributed by atoms with Crippen LogP contribution in [0.5, 0.6) is 0 Å². The Morgan fingerprint density at radius 2 is 2.11 bits per heavy atom. The van der Waals surface area contributed by atoms with Crippen molar-refractivity contribution < 1.29 is 4.79 Å². The first-order valence-corrected chi connectivity index (χ1v) is 7.72. The van der Waals surface area contributed by atoms with Crippen LogP contribution in [0.4, 0.5) is 5.69 Å². The number of carbonyl (C=O) groups is 1. The Morgan fingerprint density at radius 1 is 1.42 bits per heavy atom. The van der Waals surface area contributed by atoms with Crippen molar-refractivity contribution >= 4 is 23.4 Å². The van der Waals surface area contributed by atoms with Crippen LogP contribution in [0, 0.1) is 0 Å². The van der Waals surface area contributed by atoms with Gasteiger partial charge in [0.05, 0.1) is 6.04 Å². The van der Waals surface area contributed by atoms with E-state index in [0.717, 1.165) is 23.5 Å². The molecule has 0 radical (unpaired) electrons. The fraction of sp³-hybridized carbons (Fsp3) is 0.500. The molecule has 0 heterocycles. The summed E-state index contributed by atoms with van der Waals surface area (Å²) in [6.07, 6.45) is 2.71. The summed E-state index contributed by atoms with van der Waals surface area (Å²) < 4.78 is 0. The van der Waals surface area contributed by atoms with Gasteiger partial charge in [-0.25, -0.2) is 0 Å². The standard InChI is InChI=1S/C14H23N3OS/c1-17(2)10-11-6-4-5-7-13(11)16-14(18)12(15)8-9-19-3/h4-7,12H,8-10,15H2,1-3H3,(H,16,18)/t12-/m0/s1. The minimum atomic E-state index is -0.445. The van der Waals surface area contributed by atoms with E-state index < -0.39 is 6.04 Å². The van der Waals surface area contributed by atoms with E-state index in [1.54, 1.807) is 11.8 Å². The first-order chi connectivity index (χ1) is 9.04. The monoisotopic (exact) mass is 281 g/mol. The molecule has 1 aromatic rings. The van der Waals surface area contributed by atoms with Gasteiger partial charge in [-0.2, -0.15) is 11.8 Å². The molecule has 106 valence electrons. The number of hydrogen-bond donors (Lipinski definition) is 2. The molecule has 0 unspecified atom stereocenters. The number of nitrogens with zero attached hydrogens (tertiary/aromatic N) is 1. The highest BCUT2D eigenvalue weighted by Gasteiger charge is 2.14. The molecule has 4 nitrogen and oxygen atoms in total. The van der Waals surface area contributed by atoms with E-state index in [1.165, 1.54) is 0 Å². The molecule has 3 N–H and O–H groups in total. The molecule has 0 aliphatic heterocycles. The molecular formula is C14H23N3OS. The van der Waals surface area contributed by atoms with E-state index in [0.29, 0.717) is 6.42 Å². The summed E-state index contributed by atoms with van der Waals surface area (Å²) in [5.41, 5.74) is 7.81. The van der Waals surface area contributed by atoms with Gasteiger partial charge in [0.15, 0.2) is 0 Å². The topological polar surface area (TPSA) is 58.4 Å². The molecule has 0 aliphatic rings. The van der Waals surface area contributed by atoms with Crippen molar-refractivity contribution in [2.24, 2.45) is 5.73 Å². The van der Waals surface area contributed by atoms with Gasteiger partial charge in [-0.3, -0.25) is 4.79 Å². The third-order valence-corrected chi connectivity index (χ3v) is 3.38. The highest BCUT2D eigenvalue weighted by atomic mass is 32.2. The molecule has 0 saturated carbocycles. The Hall–Kier alpha value is -1.04. The van der Waals surface area contributed by atoms with Gasteiger partial charge in [0.25, 0.3) is 0 Å². The number of rotatable bonds is 7. The van der Waals surface area contributed by atoms with Crippen molar-refractivity contribution in [3.05, 3.63) is 29.8 Å². The van der Waals surface area contributed by atoms with Crippen LogP contribution in [0.1, 0.15) is 12.0 Å². The van der Waals surface area contributed by atoms with Gasteiger partial charge in [0.1, 0.15) is 0 Å². The number of thioether (sulfide) groups is 1. The summed E-state index contributed by atoms with van der Waals surface area (Å²) in [4.78, 5) is 14.1. The fourth-order valence-corrected chi connectivity index (χ4v) is 2.21. The second kappa shape index (κ2) is 8.19. The molecule has 1 atom stereocenters. The van der Waals surface area contributed by atoms with Gasteiger partial charge in [-0.1, -0.05) is 18.2 Å². The lowest BCUT2D eigenvalue weighted by Gasteiger charge is -2.17. The minimum absolute atomic E-state index is 0.111. The van der Waals surface area contributed by atoms with Crippen LogP contribution >= 0.6 is 11.8 Å². The molecule has 0 fully saturated rings. The highest BCUT2D eigenvalue weighted by molar-refractivity contribution is 7.98. The normalized spacial score (nSPS) is 12.5. The van der Waals surface area contributed by atoms with Crippen molar-refractivity contribution in [1.82, 2.24) is 4.90 Å². The maximum absolute atomic E-state index is 12.0. The quantitative estimate of drug-likeness (QED) is 0.799. The summed E-state index contributed by atoms with van der Waals surface area (Å²) in [6.45, 7) is 0.788. The second-order valence-corrected chi connectivity index (χ2v) is 5.76. The van der Waals surface area contributed by atoms with Crippen LogP contribution in [0.25, 0.3) is 0 Å². The molecule has 5 heteroatoms. The number of carbonyl (C=O) groups excluding carboxylic acids is 1. The zero-order valence-corrected chi connectivity index (χ0v) is 12.7. The third-order valence-electron chi connectivity index (χ3n) is 2.73. The van der Waals surface area contributed by atoms with Crippen molar-refractivity contribution in [3.8, 4) is 0 Å². The Bertz CT molecular complexity index is 409. The van der Waals surface area contributed by atoms with Crippen molar-refractivity contribution in [3.63, 3.8) is 0 Å². The molecule has 1 rings (SSSR count). The summed E-state index contributed by atoms with van der Waals surface area (Å²) in [7, 11) is 4.01. The number of hydrogen-bond acceptors (Lipinski definition) is 4. The minimum Gasteiger partial charge on any atom is -0.324 e. The molecular weight excluding hydrogens is 258 g/mol. The summed E-state index contributed by atoms with van der Waals surface area (Å²) in [6, 6.07) is 7.38. The third kappa shape index (κ3) is 5.63. The number of anilines is 1. The number of para-hydroxylation sites is 1. The number of amides is 1. The van der Waals surface area contributed by atoms with Gasteiger partial charge in [-0.05, 0) is 44.2 Å². The molecule has 0 saturated heterocycles. The van der Waals surface area contributed by atoms with Crippen LogP contribution in [0.3, 0.4) is 0 Å². The van der Waals surface area contributed by atoms with E-state index in [4.69, 9.17) is 5.73 Å². The number of nitrogens with two attached hydrogens (primary N) is 1. The Balaban J connectivity index is 2.68. The summed E-state index contributed by atoms with van der Waals surface area (Å²) in [5.74, 6) is 0.786. The van der Waals surface area contributed by atoms with E-state index in [9.17, 15) is 4.79 Å². The zero-order chi connectivity index (χ0) is 14.3. The lowest BCUT2D eigenvalue weighted by Crippen LogP contribution is -2.36. The van der Waals surface area contributed by atoms with Crippen LogP contribution in [-0.4, -0.2) is 43.0 Å². The molecule has 0 aliphatic carbocycles. The largest absolute Gasteiger partial charge is 0.324 e. The lowest BCUT2D eigenvalue weighted by atomic mass is 10.1. The predicted molar refractivity (Wildman–Crippen MR) is 83.4 cm³/mol. The first-order valence-electron chi connectivity index (χ1n) is 6.32. The Kier molecular flexibility index (Phi) is 6.91.